The number of nitrogens with zero attached hydrogens (tertiary/aromatic N) is 2. The van der Waals surface area contributed by atoms with E-state index in [4.69, 9.17) is 22.9 Å². The number of benzene rings is 1. The van der Waals surface area contributed by atoms with E-state index >= 15 is 0 Å². The van der Waals surface area contributed by atoms with Crippen molar-refractivity contribution in [1.29, 1.82) is 0 Å². The maximum Gasteiger partial charge on any atom is 0.289 e. The molecule has 1 saturated heterocycles. The molecule has 0 aromatic heterocycles. The second-order valence-electron chi connectivity index (χ2n) is 14.8. The van der Waals surface area contributed by atoms with Crippen LogP contribution >= 0.6 is 11.6 Å². The number of amides is 4. The minimum absolute atomic E-state index is 0.0124. The molecule has 1 unspecified atom stereocenters. The largest absolute Gasteiger partial charge is 0.387 e. The molecule has 12 heteroatoms. The van der Waals surface area contributed by atoms with Gasteiger partial charge >= 0.3 is 0 Å². The van der Waals surface area contributed by atoms with E-state index in [0.29, 0.717) is 23.6 Å². The molecule has 2 aliphatic carbocycles. The highest BCUT2D eigenvalue weighted by atomic mass is 35.5. The van der Waals surface area contributed by atoms with E-state index in [2.05, 4.69) is 27.0 Å². The lowest BCUT2D eigenvalue weighted by atomic mass is 9.84. The lowest BCUT2D eigenvalue weighted by Crippen LogP contribution is -2.59. The summed E-state index contributed by atoms with van der Waals surface area (Å²) in [6.45, 7) is 5.61. The molecule has 1 aromatic rings. The number of oxime groups is 1. The Morgan fingerprint density at radius 3 is 2.48 bits per heavy atom. The van der Waals surface area contributed by atoms with Gasteiger partial charge in [-0.3, -0.25) is 24.0 Å². The lowest BCUT2D eigenvalue weighted by molar-refractivity contribution is -0.145. The summed E-state index contributed by atoms with van der Waals surface area (Å²) in [6.07, 6.45) is 12.9. The highest BCUT2D eigenvalue weighted by Crippen LogP contribution is 2.40. The van der Waals surface area contributed by atoms with Crippen molar-refractivity contribution in [3.8, 4) is 12.3 Å². The van der Waals surface area contributed by atoms with Crippen LogP contribution in [0.4, 0.5) is 0 Å². The third-order valence-corrected chi connectivity index (χ3v) is 9.93. The van der Waals surface area contributed by atoms with Crippen molar-refractivity contribution in [2.45, 2.75) is 121 Å². The van der Waals surface area contributed by atoms with E-state index < -0.39 is 52.6 Å². The molecule has 258 valence electrons. The van der Waals surface area contributed by atoms with Gasteiger partial charge in [0.2, 0.25) is 23.5 Å². The van der Waals surface area contributed by atoms with E-state index in [-0.39, 0.29) is 37.3 Å². The molecule has 0 radical (unpaired) electrons. The van der Waals surface area contributed by atoms with Crippen LogP contribution in [-0.2, 0) is 28.8 Å². The number of terminal acetylenes is 1. The molecule has 1 aromatic carbocycles. The van der Waals surface area contributed by atoms with Gasteiger partial charge in [-0.15, -0.1) is 12.3 Å². The Balaban J connectivity index is 1.38. The molecule has 2 saturated carbocycles. The van der Waals surface area contributed by atoms with Crippen LogP contribution in [0.3, 0.4) is 0 Å². The molecular formula is C36H46ClN5O6. The van der Waals surface area contributed by atoms with Crippen LogP contribution in [0, 0.1) is 23.7 Å². The summed E-state index contributed by atoms with van der Waals surface area (Å²) in [5.41, 5.74) is -0.359. The van der Waals surface area contributed by atoms with Gasteiger partial charge in [-0.25, -0.2) is 0 Å². The second kappa shape index (κ2) is 14.7. The quantitative estimate of drug-likeness (QED) is 0.240. The third-order valence-electron chi connectivity index (χ3n) is 9.69. The zero-order valence-electron chi connectivity index (χ0n) is 28.0. The van der Waals surface area contributed by atoms with Crippen molar-refractivity contribution in [1.82, 2.24) is 20.9 Å². The van der Waals surface area contributed by atoms with Crippen molar-refractivity contribution in [2.75, 3.05) is 6.54 Å². The Morgan fingerprint density at radius 1 is 1.10 bits per heavy atom. The van der Waals surface area contributed by atoms with Gasteiger partial charge in [0.25, 0.3) is 5.91 Å². The molecule has 11 nitrogen and oxygen atoms in total. The standard InChI is InChI=1S/C36H46ClN5O6/c1-5-10-26(30(44)33(46)38-25-15-16-25)39-32(45)28-20-36(19-27(41-48-36)23-13-9-14-24(37)18-23)21-42(28)34(47)31(35(2,3)4)40-29(43)17-22-11-7-6-8-12-22/h1,9,13-14,18,22,25-26,28,31H,6-8,10-12,15-17,19-21H2,2-4H3,(H,38,46)(H,39,45)(H,40,43)/t26?,28-,31+,36+/m0/s1. The highest BCUT2D eigenvalue weighted by Gasteiger charge is 2.55. The van der Waals surface area contributed by atoms with Gasteiger partial charge in [-0.05, 0) is 49.1 Å². The summed E-state index contributed by atoms with van der Waals surface area (Å²) in [7, 11) is 0. The minimum atomic E-state index is -1.27. The summed E-state index contributed by atoms with van der Waals surface area (Å²) < 4.78 is 0. The Morgan fingerprint density at radius 2 is 1.83 bits per heavy atom. The lowest BCUT2D eigenvalue weighted by Gasteiger charge is -2.36. The molecule has 4 amide bonds. The monoisotopic (exact) mass is 679 g/mol. The molecule has 3 fully saturated rings. The van der Waals surface area contributed by atoms with Gasteiger partial charge in [0.1, 0.15) is 18.1 Å². The van der Waals surface area contributed by atoms with Crippen molar-refractivity contribution in [2.24, 2.45) is 16.5 Å². The highest BCUT2D eigenvalue weighted by molar-refractivity contribution is 6.38. The first-order valence-corrected chi connectivity index (χ1v) is 17.4. The Labute approximate surface area is 287 Å². The van der Waals surface area contributed by atoms with E-state index in [9.17, 15) is 24.0 Å². The topological polar surface area (TPSA) is 146 Å². The zero-order valence-corrected chi connectivity index (χ0v) is 28.7. The van der Waals surface area contributed by atoms with E-state index in [1.165, 1.54) is 11.3 Å². The summed E-state index contributed by atoms with van der Waals surface area (Å²) in [6, 6.07) is 3.82. The van der Waals surface area contributed by atoms with Crippen LogP contribution in [0.15, 0.2) is 29.4 Å². The van der Waals surface area contributed by atoms with Crippen molar-refractivity contribution in [3.05, 3.63) is 34.9 Å². The molecule has 2 aliphatic heterocycles. The number of ketones is 1. The summed E-state index contributed by atoms with van der Waals surface area (Å²) in [5, 5.41) is 13.2. The fourth-order valence-electron chi connectivity index (χ4n) is 6.88. The van der Waals surface area contributed by atoms with Crippen LogP contribution in [0.25, 0.3) is 0 Å². The fourth-order valence-corrected chi connectivity index (χ4v) is 7.07. The molecule has 3 N–H and O–H groups in total. The predicted octanol–water partition coefficient (Wildman–Crippen LogP) is 3.66. The Kier molecular flexibility index (Phi) is 10.8. The Hall–Kier alpha value is -3.91. The molecular weight excluding hydrogens is 634 g/mol. The number of Topliss-reactive ketones (excluding diaryl/α,β-unsaturated/α-hetero) is 1. The molecule has 4 atom stereocenters. The number of hydrogen-bond donors (Lipinski definition) is 3. The van der Waals surface area contributed by atoms with Crippen molar-refractivity contribution < 1.29 is 28.8 Å². The molecule has 0 bridgehead atoms. The molecule has 5 rings (SSSR count). The maximum absolute atomic E-state index is 14.5. The second-order valence-corrected chi connectivity index (χ2v) is 15.3. The number of likely N-dealkylation sites (tertiary alicyclic amines) is 1. The number of rotatable bonds is 11. The van der Waals surface area contributed by atoms with E-state index in [0.717, 1.165) is 44.1 Å². The van der Waals surface area contributed by atoms with Crippen molar-refractivity contribution >= 4 is 46.7 Å². The van der Waals surface area contributed by atoms with Gasteiger partial charge < -0.3 is 25.7 Å². The number of carbonyl (C=O) groups is 5. The zero-order chi connectivity index (χ0) is 34.6. The van der Waals surface area contributed by atoms with Gasteiger partial charge in [0.05, 0.1) is 12.3 Å². The maximum atomic E-state index is 14.5. The average Bonchev–Trinajstić information content (AvgIpc) is 3.63. The number of halogens is 1. The first kappa shape index (κ1) is 35.4. The molecule has 1 spiro atoms. The van der Waals surface area contributed by atoms with Crippen LogP contribution in [0.1, 0.15) is 97.0 Å². The predicted molar refractivity (Wildman–Crippen MR) is 181 cm³/mol. The number of carbonyl (C=O) groups excluding carboxylic acids is 5. The molecule has 4 aliphatic rings. The average molecular weight is 680 g/mol. The minimum Gasteiger partial charge on any atom is -0.387 e. The van der Waals surface area contributed by atoms with Gasteiger partial charge in [-0.1, -0.05) is 68.9 Å². The van der Waals surface area contributed by atoms with E-state index in [1.54, 1.807) is 18.2 Å². The van der Waals surface area contributed by atoms with Crippen LogP contribution < -0.4 is 16.0 Å². The summed E-state index contributed by atoms with van der Waals surface area (Å²) in [5.74, 6) is -0.280. The van der Waals surface area contributed by atoms with Crippen LogP contribution in [0.2, 0.25) is 5.02 Å². The first-order chi connectivity index (χ1) is 22.8. The number of hydrogen-bond acceptors (Lipinski definition) is 7. The Bertz CT molecular complexity index is 1500. The number of nitrogens with one attached hydrogen (secondary N) is 3. The summed E-state index contributed by atoms with van der Waals surface area (Å²) in [4.78, 5) is 75.0. The van der Waals surface area contributed by atoms with Gasteiger partial charge in [-0.2, -0.15) is 0 Å². The van der Waals surface area contributed by atoms with E-state index in [1.807, 2.05) is 26.8 Å². The summed E-state index contributed by atoms with van der Waals surface area (Å²) >= 11 is 6.23. The molecule has 2 heterocycles. The smallest absolute Gasteiger partial charge is 0.289 e. The van der Waals surface area contributed by atoms with Crippen molar-refractivity contribution in [3.63, 3.8) is 0 Å². The van der Waals surface area contributed by atoms with Crippen LogP contribution in [0.5, 0.6) is 0 Å². The van der Waals surface area contributed by atoms with Gasteiger partial charge in [0, 0.05) is 42.3 Å². The third kappa shape index (κ3) is 8.56. The normalized spacial score (nSPS) is 23.8. The fraction of sp³-hybridized carbons (Fsp3) is 0.611. The van der Waals surface area contributed by atoms with Gasteiger partial charge in [0.15, 0.2) is 5.60 Å². The molecule has 48 heavy (non-hydrogen) atoms. The van der Waals surface area contributed by atoms with Crippen LogP contribution in [-0.4, -0.2) is 76.3 Å². The first-order valence-electron chi connectivity index (χ1n) is 17.0. The SMILES string of the molecule is C#CCC(NC(=O)[C@@H]1C[C@]2(CC(c3cccc(Cl)c3)=NO2)CN1C(=O)[C@@H](NC(=O)CC1CCCCC1)C(C)(C)C)C(=O)C(=O)NC1CC1.